The van der Waals surface area contributed by atoms with Crippen molar-refractivity contribution in [3.8, 4) is 11.5 Å². The number of hydrogen-bond donors (Lipinski definition) is 2. The number of pyridine rings is 1. The third kappa shape index (κ3) is 4.23. The number of nitrogens with one attached hydrogen (secondary N) is 2. The van der Waals surface area contributed by atoms with Gasteiger partial charge in [0.05, 0.1) is 24.8 Å². The molecule has 2 aromatic heterocycles. The van der Waals surface area contributed by atoms with E-state index in [2.05, 4.69) is 25.6 Å². The van der Waals surface area contributed by atoms with Crippen molar-refractivity contribution in [3.05, 3.63) is 64.7 Å². The second-order valence-corrected chi connectivity index (χ2v) is 5.58. The lowest BCUT2D eigenvalue weighted by atomic mass is 10.2. The van der Waals surface area contributed by atoms with Crippen LogP contribution in [0, 0.1) is 10.1 Å². The fraction of sp³-hybridized carbons (Fsp3) is 0.167. The molecule has 0 saturated heterocycles. The standard InChI is InChI=1S/C18H18N6O4/c1-27-13-5-6-14(15(8-13)28-2)23-18-16(24(25)26)17(21-11-22-18)20-10-12-4-3-7-19-9-12/h3-9,11H,10H2,1-2H3,(H2,20,21,22,23). The van der Waals surface area contributed by atoms with Crippen LogP contribution in [0.4, 0.5) is 23.0 Å². The molecule has 0 aliphatic carbocycles. The largest absolute Gasteiger partial charge is 0.497 e. The Morgan fingerprint density at radius 2 is 1.96 bits per heavy atom. The molecule has 0 atom stereocenters. The lowest BCUT2D eigenvalue weighted by Gasteiger charge is -2.13. The smallest absolute Gasteiger partial charge is 0.353 e. The van der Waals surface area contributed by atoms with Gasteiger partial charge in [0.1, 0.15) is 17.8 Å². The zero-order valence-corrected chi connectivity index (χ0v) is 15.2. The topological polar surface area (TPSA) is 124 Å². The molecule has 2 heterocycles. The quantitative estimate of drug-likeness (QED) is 0.446. The van der Waals surface area contributed by atoms with Gasteiger partial charge in [-0.15, -0.1) is 0 Å². The lowest BCUT2D eigenvalue weighted by Crippen LogP contribution is -2.08. The molecule has 0 fully saturated rings. The summed E-state index contributed by atoms with van der Waals surface area (Å²) in [4.78, 5) is 23.2. The van der Waals surface area contributed by atoms with Crippen LogP contribution in [0.5, 0.6) is 11.5 Å². The predicted molar refractivity (Wildman–Crippen MR) is 103 cm³/mol. The van der Waals surface area contributed by atoms with E-state index in [9.17, 15) is 10.1 Å². The molecule has 0 radical (unpaired) electrons. The second kappa shape index (κ2) is 8.62. The van der Waals surface area contributed by atoms with Crippen LogP contribution in [0.15, 0.2) is 49.1 Å². The van der Waals surface area contributed by atoms with Crippen molar-refractivity contribution in [2.24, 2.45) is 0 Å². The van der Waals surface area contributed by atoms with Gasteiger partial charge in [-0.25, -0.2) is 9.97 Å². The molecule has 0 bridgehead atoms. The Morgan fingerprint density at radius 3 is 2.64 bits per heavy atom. The van der Waals surface area contributed by atoms with Gasteiger partial charge < -0.3 is 20.1 Å². The molecule has 2 N–H and O–H groups in total. The van der Waals surface area contributed by atoms with E-state index >= 15 is 0 Å². The van der Waals surface area contributed by atoms with Crippen molar-refractivity contribution >= 4 is 23.0 Å². The van der Waals surface area contributed by atoms with Crippen LogP contribution in [-0.2, 0) is 6.54 Å². The van der Waals surface area contributed by atoms with Gasteiger partial charge in [-0.2, -0.15) is 0 Å². The van der Waals surface area contributed by atoms with E-state index in [1.807, 2.05) is 6.07 Å². The highest BCUT2D eigenvalue weighted by Gasteiger charge is 2.24. The summed E-state index contributed by atoms with van der Waals surface area (Å²) in [6, 6.07) is 8.70. The highest BCUT2D eigenvalue weighted by atomic mass is 16.6. The molecule has 144 valence electrons. The minimum atomic E-state index is -0.538. The Balaban J connectivity index is 1.90. The van der Waals surface area contributed by atoms with Crippen LogP contribution in [0.1, 0.15) is 5.56 Å². The van der Waals surface area contributed by atoms with Gasteiger partial charge in [-0.1, -0.05) is 6.07 Å². The van der Waals surface area contributed by atoms with Gasteiger partial charge in [0, 0.05) is 25.0 Å². The molecule has 10 nitrogen and oxygen atoms in total. The predicted octanol–water partition coefficient (Wildman–Crippen LogP) is 3.15. The first kappa shape index (κ1) is 18.8. The summed E-state index contributed by atoms with van der Waals surface area (Å²) in [6.07, 6.45) is 4.57. The first-order chi connectivity index (χ1) is 13.6. The van der Waals surface area contributed by atoms with Gasteiger partial charge in [0.25, 0.3) is 0 Å². The van der Waals surface area contributed by atoms with Crippen LogP contribution >= 0.6 is 0 Å². The van der Waals surface area contributed by atoms with E-state index in [1.54, 1.807) is 36.7 Å². The Morgan fingerprint density at radius 1 is 1.14 bits per heavy atom. The van der Waals surface area contributed by atoms with E-state index in [-0.39, 0.29) is 17.3 Å². The van der Waals surface area contributed by atoms with Crippen molar-refractivity contribution < 1.29 is 14.4 Å². The van der Waals surface area contributed by atoms with E-state index in [0.29, 0.717) is 23.7 Å². The summed E-state index contributed by atoms with van der Waals surface area (Å²) < 4.78 is 10.5. The average Bonchev–Trinajstić information content (AvgIpc) is 2.73. The summed E-state index contributed by atoms with van der Waals surface area (Å²) in [5.74, 6) is 1.19. The summed E-state index contributed by atoms with van der Waals surface area (Å²) in [5.41, 5.74) is 1.09. The summed E-state index contributed by atoms with van der Waals surface area (Å²) in [7, 11) is 3.03. The van der Waals surface area contributed by atoms with Gasteiger partial charge in [0.2, 0.25) is 11.6 Å². The molecule has 3 rings (SSSR count). The molecule has 0 saturated carbocycles. The zero-order chi connectivity index (χ0) is 19.9. The summed E-state index contributed by atoms with van der Waals surface area (Å²) >= 11 is 0. The molecule has 10 heteroatoms. The van der Waals surface area contributed by atoms with E-state index < -0.39 is 4.92 Å². The summed E-state index contributed by atoms with van der Waals surface area (Å²) in [5, 5.41) is 17.6. The molecule has 0 unspecified atom stereocenters. The number of nitro groups is 1. The Hall–Kier alpha value is -3.95. The van der Waals surface area contributed by atoms with Crippen LogP contribution in [0.2, 0.25) is 0 Å². The Labute approximate surface area is 160 Å². The molecule has 0 aliphatic rings. The fourth-order valence-corrected chi connectivity index (χ4v) is 2.49. The number of hydrogen-bond acceptors (Lipinski definition) is 9. The third-order valence-electron chi connectivity index (χ3n) is 3.85. The number of methoxy groups -OCH3 is 2. The maximum absolute atomic E-state index is 11.7. The SMILES string of the molecule is COc1ccc(Nc2ncnc(NCc3cccnc3)c2[N+](=O)[O-])c(OC)c1. The van der Waals surface area contributed by atoms with Crippen LogP contribution < -0.4 is 20.1 Å². The molecular weight excluding hydrogens is 364 g/mol. The number of anilines is 3. The highest BCUT2D eigenvalue weighted by Crippen LogP contribution is 2.36. The number of rotatable bonds is 8. The minimum Gasteiger partial charge on any atom is -0.497 e. The van der Waals surface area contributed by atoms with Crippen molar-refractivity contribution in [3.63, 3.8) is 0 Å². The molecule has 3 aromatic rings. The number of nitrogens with zero attached hydrogens (tertiary/aromatic N) is 4. The van der Waals surface area contributed by atoms with Crippen LogP contribution in [0.3, 0.4) is 0 Å². The minimum absolute atomic E-state index is 0.0390. The first-order valence-electron chi connectivity index (χ1n) is 8.23. The van der Waals surface area contributed by atoms with Crippen molar-refractivity contribution in [2.45, 2.75) is 6.54 Å². The normalized spacial score (nSPS) is 10.2. The van der Waals surface area contributed by atoms with Crippen LogP contribution in [-0.4, -0.2) is 34.1 Å². The number of aromatic nitrogens is 3. The fourth-order valence-electron chi connectivity index (χ4n) is 2.49. The second-order valence-electron chi connectivity index (χ2n) is 5.58. The lowest BCUT2D eigenvalue weighted by molar-refractivity contribution is -0.383. The van der Waals surface area contributed by atoms with Crippen LogP contribution in [0.25, 0.3) is 0 Å². The highest BCUT2D eigenvalue weighted by molar-refractivity contribution is 5.76. The first-order valence-corrected chi connectivity index (χ1v) is 8.23. The molecule has 28 heavy (non-hydrogen) atoms. The maximum Gasteiger partial charge on any atom is 0.353 e. The van der Waals surface area contributed by atoms with Gasteiger partial charge in [-0.05, 0) is 23.8 Å². The van der Waals surface area contributed by atoms with Crippen molar-refractivity contribution in [1.29, 1.82) is 0 Å². The van der Waals surface area contributed by atoms with E-state index in [0.717, 1.165) is 5.56 Å². The monoisotopic (exact) mass is 382 g/mol. The third-order valence-corrected chi connectivity index (χ3v) is 3.85. The summed E-state index contributed by atoms with van der Waals surface area (Å²) in [6.45, 7) is 0.330. The zero-order valence-electron chi connectivity index (χ0n) is 15.2. The van der Waals surface area contributed by atoms with Gasteiger partial charge >= 0.3 is 5.69 Å². The van der Waals surface area contributed by atoms with Gasteiger partial charge in [-0.3, -0.25) is 15.1 Å². The molecule has 1 aromatic carbocycles. The number of ether oxygens (including phenoxy) is 2. The Bertz CT molecular complexity index is 968. The molecule has 0 amide bonds. The van der Waals surface area contributed by atoms with Crippen molar-refractivity contribution in [2.75, 3.05) is 24.9 Å². The van der Waals surface area contributed by atoms with E-state index in [1.165, 1.54) is 20.5 Å². The maximum atomic E-state index is 11.7. The van der Waals surface area contributed by atoms with Crippen molar-refractivity contribution in [1.82, 2.24) is 15.0 Å². The van der Waals surface area contributed by atoms with Gasteiger partial charge in [0.15, 0.2) is 0 Å². The van der Waals surface area contributed by atoms with E-state index in [4.69, 9.17) is 9.47 Å². The number of benzene rings is 1. The average molecular weight is 382 g/mol. The Kier molecular flexibility index (Phi) is 5.80. The molecular formula is C18H18N6O4. The molecule has 0 spiro atoms. The molecule has 0 aliphatic heterocycles.